The van der Waals surface area contributed by atoms with E-state index in [4.69, 9.17) is 10.5 Å². The van der Waals surface area contributed by atoms with Crippen LogP contribution in [0.2, 0.25) is 0 Å². The number of anilines is 1. The van der Waals surface area contributed by atoms with E-state index >= 15 is 4.39 Å². The van der Waals surface area contributed by atoms with Gasteiger partial charge in [-0.3, -0.25) is 4.79 Å². The third kappa shape index (κ3) is 3.06. The van der Waals surface area contributed by atoms with Crippen molar-refractivity contribution in [3.63, 3.8) is 0 Å². The number of carbonyl (C=O) groups excluding carboxylic acids is 1. The van der Waals surface area contributed by atoms with Gasteiger partial charge in [-0.1, -0.05) is 13.0 Å². The lowest BCUT2D eigenvalue weighted by molar-refractivity contribution is -0.132. The molecule has 1 unspecified atom stereocenters. The van der Waals surface area contributed by atoms with Gasteiger partial charge in [0, 0.05) is 29.8 Å². The molecule has 6 nitrogen and oxygen atoms in total. The number of alkyl halides is 1. The molecule has 3 aliphatic carbocycles. The molecule has 5 rings (SSSR count). The van der Waals surface area contributed by atoms with E-state index in [2.05, 4.69) is 6.92 Å². The minimum absolute atomic E-state index is 0.0430. The minimum Gasteiger partial charge on any atom is -0.494 e. The first-order valence-electron chi connectivity index (χ1n) is 11.2. The van der Waals surface area contributed by atoms with Crippen LogP contribution < -0.4 is 15.4 Å². The summed E-state index contributed by atoms with van der Waals surface area (Å²) in [6, 6.07) is 1.12. The lowest BCUT2D eigenvalue weighted by Gasteiger charge is -2.46. The molecule has 4 aliphatic rings. The van der Waals surface area contributed by atoms with E-state index in [1.807, 2.05) is 4.90 Å². The second kappa shape index (κ2) is 7.27. The van der Waals surface area contributed by atoms with Gasteiger partial charge in [0.05, 0.1) is 7.11 Å². The third-order valence-corrected chi connectivity index (χ3v) is 7.99. The molecule has 1 aromatic carbocycles. The van der Waals surface area contributed by atoms with Crippen LogP contribution in [0.5, 0.6) is 5.75 Å². The average molecular weight is 446 g/mol. The van der Waals surface area contributed by atoms with Gasteiger partial charge in [-0.25, -0.2) is 13.6 Å². The Morgan fingerprint density at radius 3 is 2.69 bits per heavy atom. The van der Waals surface area contributed by atoms with Gasteiger partial charge in [0.1, 0.15) is 23.2 Å². The molecule has 1 saturated heterocycles. The van der Waals surface area contributed by atoms with Gasteiger partial charge in [0.2, 0.25) is 5.78 Å². The van der Waals surface area contributed by atoms with Crippen LogP contribution in [-0.4, -0.2) is 48.8 Å². The van der Waals surface area contributed by atoms with Crippen molar-refractivity contribution in [3.05, 3.63) is 34.7 Å². The summed E-state index contributed by atoms with van der Waals surface area (Å²) < 4.78 is 35.5. The first-order chi connectivity index (χ1) is 15.2. The molecule has 0 spiro atoms. The number of aliphatic carboxylic acids is 1. The Labute approximate surface area is 185 Å². The van der Waals surface area contributed by atoms with Crippen molar-refractivity contribution in [2.75, 3.05) is 25.1 Å². The monoisotopic (exact) mass is 446 g/mol. The van der Waals surface area contributed by atoms with Gasteiger partial charge in [-0.05, 0) is 55.4 Å². The van der Waals surface area contributed by atoms with Crippen LogP contribution in [0.3, 0.4) is 0 Å². The fourth-order valence-electron chi connectivity index (χ4n) is 6.36. The SMILES string of the molecule is COc1c2c(cc(F)c1N1C[C@@H]3[C@@H](C)C[C@]3(N)C1)C(=O)/C(C(=O)O)=C\CCC2[C@@H]1C[C@@H]1F. The van der Waals surface area contributed by atoms with Crippen LogP contribution >= 0.6 is 0 Å². The average Bonchev–Trinajstić information content (AvgIpc) is 3.37. The summed E-state index contributed by atoms with van der Waals surface area (Å²) in [4.78, 5) is 26.7. The van der Waals surface area contributed by atoms with Crippen LogP contribution in [0.1, 0.15) is 54.4 Å². The van der Waals surface area contributed by atoms with Crippen molar-refractivity contribution < 1.29 is 28.2 Å². The third-order valence-electron chi connectivity index (χ3n) is 7.99. The summed E-state index contributed by atoms with van der Waals surface area (Å²) in [5.74, 6) is -2.51. The highest BCUT2D eigenvalue weighted by Gasteiger charge is 2.56. The van der Waals surface area contributed by atoms with Crippen molar-refractivity contribution in [2.24, 2.45) is 23.5 Å². The summed E-state index contributed by atoms with van der Waals surface area (Å²) in [6.07, 6.45) is 2.41. The number of hydrogen-bond acceptors (Lipinski definition) is 5. The number of ketones is 1. The minimum atomic E-state index is -1.35. The van der Waals surface area contributed by atoms with Crippen LogP contribution in [-0.2, 0) is 4.79 Å². The zero-order chi connectivity index (χ0) is 22.9. The fourth-order valence-corrected chi connectivity index (χ4v) is 6.36. The first kappa shape index (κ1) is 21.4. The number of carboxylic acids is 1. The standard InChI is InChI=1S/C24H28F2N2O4/c1-11-8-24(27)10-28(9-16(11)24)20-18(26)7-15-19(22(20)32-2)12(14-6-17(14)25)4-3-5-13(21(15)29)23(30)31/h5,7,11-12,14,16-17H,3-4,6,8-10,27H2,1-2H3,(H,30,31)/b13-5+/t11-,12?,14-,16+,17-,24-/m0/s1. The predicted molar refractivity (Wildman–Crippen MR) is 114 cm³/mol. The number of carboxylic acid groups (broad SMARTS) is 1. The van der Waals surface area contributed by atoms with Crippen molar-refractivity contribution in [3.8, 4) is 5.75 Å². The number of methoxy groups -OCH3 is 1. The van der Waals surface area contributed by atoms with Crippen molar-refractivity contribution in [1.29, 1.82) is 0 Å². The number of carbonyl (C=O) groups is 2. The zero-order valence-corrected chi connectivity index (χ0v) is 18.2. The smallest absolute Gasteiger partial charge is 0.339 e. The highest BCUT2D eigenvalue weighted by atomic mass is 19.1. The van der Waals surface area contributed by atoms with Gasteiger partial charge >= 0.3 is 5.97 Å². The number of ether oxygens (including phenoxy) is 1. The Hall–Kier alpha value is -2.48. The molecule has 0 bridgehead atoms. The Balaban J connectivity index is 1.67. The van der Waals surface area contributed by atoms with E-state index in [-0.39, 0.29) is 45.9 Å². The second-order valence-electron chi connectivity index (χ2n) is 9.95. The Kier molecular flexibility index (Phi) is 4.85. The van der Waals surface area contributed by atoms with Crippen LogP contribution in [0, 0.1) is 23.6 Å². The van der Waals surface area contributed by atoms with Crippen LogP contribution in [0.15, 0.2) is 17.7 Å². The van der Waals surface area contributed by atoms with E-state index in [1.165, 1.54) is 13.2 Å². The number of allylic oxidation sites excluding steroid dienone is 1. The predicted octanol–water partition coefficient (Wildman–Crippen LogP) is 3.44. The van der Waals surface area contributed by atoms with Crippen molar-refractivity contribution in [2.45, 2.75) is 50.2 Å². The van der Waals surface area contributed by atoms with Gasteiger partial charge in [-0.2, -0.15) is 0 Å². The highest BCUT2D eigenvalue weighted by Crippen LogP contribution is 2.55. The summed E-state index contributed by atoms with van der Waals surface area (Å²) >= 11 is 0. The molecule has 3 fully saturated rings. The molecule has 32 heavy (non-hydrogen) atoms. The van der Waals surface area contributed by atoms with Crippen LogP contribution in [0.25, 0.3) is 0 Å². The first-order valence-corrected chi connectivity index (χ1v) is 11.2. The van der Waals surface area contributed by atoms with E-state index in [9.17, 15) is 19.1 Å². The number of nitrogens with zero attached hydrogens (tertiary/aromatic N) is 1. The van der Waals surface area contributed by atoms with Gasteiger partial charge in [0.15, 0.2) is 5.82 Å². The molecule has 0 amide bonds. The lowest BCUT2D eigenvalue weighted by Crippen LogP contribution is -2.59. The summed E-state index contributed by atoms with van der Waals surface area (Å²) in [7, 11) is 1.41. The Morgan fingerprint density at radius 1 is 1.41 bits per heavy atom. The molecule has 172 valence electrons. The largest absolute Gasteiger partial charge is 0.494 e. The fraction of sp³-hybridized carbons (Fsp3) is 0.583. The number of benzene rings is 1. The molecular weight excluding hydrogens is 418 g/mol. The molecule has 6 atom stereocenters. The highest BCUT2D eigenvalue weighted by molar-refractivity contribution is 6.24. The lowest BCUT2D eigenvalue weighted by atomic mass is 9.62. The summed E-state index contributed by atoms with van der Waals surface area (Å²) in [5.41, 5.74) is 6.41. The zero-order valence-electron chi connectivity index (χ0n) is 18.2. The number of halogens is 2. The second-order valence-corrected chi connectivity index (χ2v) is 9.95. The number of Topliss-reactive ketones (excluding diaryl/α,β-unsaturated/α-hetero) is 1. The molecule has 2 saturated carbocycles. The maximum Gasteiger partial charge on any atom is 0.339 e. The molecular formula is C24H28F2N2O4. The van der Waals surface area contributed by atoms with E-state index < -0.39 is 23.7 Å². The van der Waals surface area contributed by atoms with Gasteiger partial charge < -0.3 is 20.5 Å². The van der Waals surface area contributed by atoms with Gasteiger partial charge in [0.25, 0.3) is 0 Å². The topological polar surface area (TPSA) is 92.9 Å². The number of rotatable bonds is 4. The molecule has 0 radical (unpaired) electrons. The molecule has 1 heterocycles. The van der Waals surface area contributed by atoms with Crippen LogP contribution in [0.4, 0.5) is 14.5 Å². The quantitative estimate of drug-likeness (QED) is 0.689. The Bertz CT molecular complexity index is 1040. The van der Waals surface area contributed by atoms with E-state index in [0.29, 0.717) is 43.8 Å². The number of nitrogens with two attached hydrogens (primary N) is 1. The van der Waals surface area contributed by atoms with E-state index in [0.717, 1.165) is 12.5 Å². The summed E-state index contributed by atoms with van der Waals surface area (Å²) in [5, 5.41) is 9.53. The molecule has 8 heteroatoms. The molecule has 1 aliphatic heterocycles. The van der Waals surface area contributed by atoms with E-state index in [1.54, 1.807) is 0 Å². The Morgan fingerprint density at radius 2 is 2.12 bits per heavy atom. The maximum atomic E-state index is 15.6. The molecule has 1 aromatic rings. The number of hydrogen-bond donors (Lipinski definition) is 2. The summed E-state index contributed by atoms with van der Waals surface area (Å²) in [6.45, 7) is 3.19. The van der Waals surface area contributed by atoms with Crippen molar-refractivity contribution >= 4 is 17.4 Å². The maximum absolute atomic E-state index is 15.6. The molecule has 3 N–H and O–H groups in total. The van der Waals surface area contributed by atoms with Crippen molar-refractivity contribution in [1.82, 2.24) is 0 Å². The van der Waals surface area contributed by atoms with Gasteiger partial charge in [-0.15, -0.1) is 0 Å². The number of fused-ring (bicyclic) bond motifs is 2. The normalized spacial score (nSPS) is 37.4. The molecule has 0 aromatic heterocycles.